The van der Waals surface area contributed by atoms with Gasteiger partial charge >= 0.3 is 0 Å². The molecule has 1 saturated carbocycles. The number of hydrogen-bond donors (Lipinski definition) is 2. The van der Waals surface area contributed by atoms with Gasteiger partial charge in [-0.3, -0.25) is 9.59 Å². The van der Waals surface area contributed by atoms with Crippen molar-refractivity contribution in [2.45, 2.75) is 51.0 Å². The monoisotopic (exact) mass is 303 g/mol. The number of hydrogen-bond acceptors (Lipinski definition) is 3. The molecule has 20 heavy (non-hydrogen) atoms. The Balaban J connectivity index is 0.00000200. The van der Waals surface area contributed by atoms with E-state index < -0.39 is 0 Å². The molecule has 1 aliphatic heterocycles. The van der Waals surface area contributed by atoms with Crippen LogP contribution in [0.3, 0.4) is 0 Å². The Hall–Kier alpha value is -0.810. The minimum atomic E-state index is -0.147. The van der Waals surface area contributed by atoms with Crippen LogP contribution in [-0.2, 0) is 9.59 Å². The van der Waals surface area contributed by atoms with Crippen LogP contribution in [0.25, 0.3) is 0 Å². The summed E-state index contributed by atoms with van der Waals surface area (Å²) >= 11 is 0. The predicted molar refractivity (Wildman–Crippen MR) is 80.6 cm³/mol. The number of nitrogens with two attached hydrogens (primary N) is 1. The summed E-state index contributed by atoms with van der Waals surface area (Å²) in [4.78, 5) is 25.9. The van der Waals surface area contributed by atoms with Crippen molar-refractivity contribution >= 4 is 24.2 Å². The van der Waals surface area contributed by atoms with Gasteiger partial charge in [-0.2, -0.15) is 0 Å². The Morgan fingerprint density at radius 3 is 2.65 bits per heavy atom. The highest BCUT2D eigenvalue weighted by atomic mass is 35.5. The highest BCUT2D eigenvalue weighted by molar-refractivity contribution is 5.89. The lowest BCUT2D eigenvalue weighted by atomic mass is 10.1. The Bertz CT molecular complexity index is 332. The van der Waals surface area contributed by atoms with E-state index in [-0.39, 0.29) is 30.1 Å². The van der Waals surface area contributed by atoms with Gasteiger partial charge in [-0.05, 0) is 32.2 Å². The number of halogens is 1. The molecule has 0 aromatic heterocycles. The van der Waals surface area contributed by atoms with Crippen LogP contribution < -0.4 is 11.1 Å². The van der Waals surface area contributed by atoms with Crippen molar-refractivity contribution in [3.63, 3.8) is 0 Å². The lowest BCUT2D eigenvalue weighted by Gasteiger charge is -2.23. The zero-order chi connectivity index (χ0) is 13.7. The molecule has 0 aromatic rings. The molecular weight excluding hydrogens is 278 g/mol. The Kier molecular flexibility index (Phi) is 7.30. The molecule has 1 aliphatic carbocycles. The molecule has 0 bridgehead atoms. The first-order valence-electron chi connectivity index (χ1n) is 7.49. The minimum Gasteiger partial charge on any atom is -0.356 e. The number of likely N-dealkylation sites (tertiary alicyclic amines) is 1. The highest BCUT2D eigenvalue weighted by Crippen LogP contribution is 2.29. The van der Waals surface area contributed by atoms with Crippen molar-refractivity contribution in [3.05, 3.63) is 0 Å². The molecule has 2 fully saturated rings. The van der Waals surface area contributed by atoms with Gasteiger partial charge in [0.15, 0.2) is 0 Å². The van der Waals surface area contributed by atoms with E-state index >= 15 is 0 Å². The maximum atomic E-state index is 12.0. The molecule has 0 radical (unpaired) electrons. The number of amides is 2. The highest BCUT2D eigenvalue weighted by Gasteiger charge is 2.38. The third kappa shape index (κ3) is 4.35. The third-order valence-corrected chi connectivity index (χ3v) is 4.22. The molecule has 116 valence electrons. The van der Waals surface area contributed by atoms with Crippen molar-refractivity contribution < 1.29 is 9.59 Å². The summed E-state index contributed by atoms with van der Waals surface area (Å²) in [7, 11) is 0. The van der Waals surface area contributed by atoms with Gasteiger partial charge in [0.1, 0.15) is 0 Å². The van der Waals surface area contributed by atoms with Crippen LogP contribution in [0.2, 0.25) is 0 Å². The molecule has 2 aliphatic rings. The molecule has 5 nitrogen and oxygen atoms in total. The molecule has 2 amide bonds. The number of carbonyl (C=O) groups excluding carboxylic acids is 2. The van der Waals surface area contributed by atoms with Crippen LogP contribution in [0.5, 0.6) is 0 Å². The van der Waals surface area contributed by atoms with Gasteiger partial charge in [-0.15, -0.1) is 12.4 Å². The summed E-state index contributed by atoms with van der Waals surface area (Å²) in [5.74, 6) is 0.0471. The molecule has 1 saturated heterocycles. The minimum absolute atomic E-state index is 0. The van der Waals surface area contributed by atoms with Crippen molar-refractivity contribution in [2.24, 2.45) is 11.7 Å². The van der Waals surface area contributed by atoms with Crippen LogP contribution in [0.15, 0.2) is 0 Å². The van der Waals surface area contributed by atoms with Crippen molar-refractivity contribution in [2.75, 3.05) is 19.6 Å². The third-order valence-electron chi connectivity index (χ3n) is 4.22. The van der Waals surface area contributed by atoms with Gasteiger partial charge in [0.2, 0.25) is 11.8 Å². The average molecular weight is 304 g/mol. The largest absolute Gasteiger partial charge is 0.356 e. The average Bonchev–Trinajstić information content (AvgIpc) is 3.03. The summed E-state index contributed by atoms with van der Waals surface area (Å²) in [5.41, 5.74) is 5.41. The maximum Gasteiger partial charge on any atom is 0.225 e. The summed E-state index contributed by atoms with van der Waals surface area (Å²) in [5, 5.41) is 2.92. The van der Waals surface area contributed by atoms with E-state index in [1.54, 1.807) is 0 Å². The second-order valence-electron chi connectivity index (χ2n) is 5.67. The number of unbranched alkanes of at least 4 members (excludes halogenated alkanes) is 1. The van der Waals surface area contributed by atoms with E-state index in [4.69, 9.17) is 5.73 Å². The molecule has 0 aromatic carbocycles. The van der Waals surface area contributed by atoms with E-state index in [2.05, 4.69) is 5.32 Å². The molecule has 2 rings (SSSR count). The predicted octanol–water partition coefficient (Wildman–Crippen LogP) is 1.05. The van der Waals surface area contributed by atoms with Crippen LogP contribution in [0.4, 0.5) is 0 Å². The van der Waals surface area contributed by atoms with Crippen LogP contribution in [-0.4, -0.2) is 42.4 Å². The summed E-state index contributed by atoms with van der Waals surface area (Å²) < 4.78 is 0. The van der Waals surface area contributed by atoms with Gasteiger partial charge < -0.3 is 16.0 Å². The smallest absolute Gasteiger partial charge is 0.225 e. The normalized spacial score (nSPS) is 22.9. The standard InChI is InChI=1S/C14H25N3O2.ClH/c15-7-3-4-8-16-14(19)11-9-13(18)17(10-11)12-5-1-2-6-12;/h11-12H,1-10,15H2,(H,16,19);1H. The quantitative estimate of drug-likeness (QED) is 0.720. The van der Waals surface area contributed by atoms with Crippen molar-refractivity contribution in [3.8, 4) is 0 Å². The number of nitrogens with zero attached hydrogens (tertiary/aromatic N) is 1. The van der Waals surface area contributed by atoms with Gasteiger partial charge in [-0.1, -0.05) is 12.8 Å². The molecule has 1 atom stereocenters. The Morgan fingerprint density at radius 1 is 1.30 bits per heavy atom. The summed E-state index contributed by atoms with van der Waals surface area (Å²) in [6, 6.07) is 0.391. The Morgan fingerprint density at radius 2 is 2.00 bits per heavy atom. The van der Waals surface area contributed by atoms with Gasteiger partial charge in [0.05, 0.1) is 5.92 Å². The summed E-state index contributed by atoms with van der Waals surface area (Å²) in [6.45, 7) is 1.95. The fraction of sp³-hybridized carbons (Fsp3) is 0.857. The zero-order valence-electron chi connectivity index (χ0n) is 12.0. The molecule has 3 N–H and O–H groups in total. The first-order valence-corrected chi connectivity index (χ1v) is 7.49. The molecular formula is C14H26ClN3O2. The van der Waals surface area contributed by atoms with E-state index in [1.807, 2.05) is 4.90 Å². The number of carbonyl (C=O) groups is 2. The van der Waals surface area contributed by atoms with Crippen LogP contribution >= 0.6 is 12.4 Å². The topological polar surface area (TPSA) is 75.4 Å². The maximum absolute atomic E-state index is 12.0. The number of rotatable bonds is 6. The lowest BCUT2D eigenvalue weighted by Crippen LogP contribution is -2.37. The second kappa shape index (κ2) is 8.47. The fourth-order valence-electron chi connectivity index (χ4n) is 3.10. The first-order chi connectivity index (χ1) is 9.22. The first kappa shape index (κ1) is 17.2. The van der Waals surface area contributed by atoms with Crippen LogP contribution in [0.1, 0.15) is 44.9 Å². The van der Waals surface area contributed by atoms with E-state index in [0.717, 1.165) is 25.7 Å². The van der Waals surface area contributed by atoms with Gasteiger partial charge in [0.25, 0.3) is 0 Å². The Labute approximate surface area is 127 Å². The van der Waals surface area contributed by atoms with E-state index in [1.165, 1.54) is 12.8 Å². The van der Waals surface area contributed by atoms with E-state index in [0.29, 0.717) is 32.1 Å². The zero-order valence-corrected chi connectivity index (χ0v) is 12.8. The molecule has 0 spiro atoms. The van der Waals surface area contributed by atoms with Gasteiger partial charge in [-0.25, -0.2) is 0 Å². The fourth-order valence-corrected chi connectivity index (χ4v) is 3.10. The lowest BCUT2D eigenvalue weighted by molar-refractivity contribution is -0.130. The molecule has 1 unspecified atom stereocenters. The van der Waals surface area contributed by atoms with E-state index in [9.17, 15) is 9.59 Å². The summed E-state index contributed by atoms with van der Waals surface area (Å²) in [6.07, 6.45) is 6.87. The SMILES string of the molecule is Cl.NCCCCNC(=O)C1CC(=O)N(C2CCCC2)C1. The van der Waals surface area contributed by atoms with Crippen molar-refractivity contribution in [1.29, 1.82) is 0 Å². The molecule has 6 heteroatoms. The second-order valence-corrected chi connectivity index (χ2v) is 5.67. The number of nitrogens with one attached hydrogen (secondary N) is 1. The van der Waals surface area contributed by atoms with Crippen LogP contribution in [0, 0.1) is 5.92 Å². The van der Waals surface area contributed by atoms with Crippen molar-refractivity contribution in [1.82, 2.24) is 10.2 Å². The molecule has 1 heterocycles. The van der Waals surface area contributed by atoms with Gasteiger partial charge in [0, 0.05) is 25.6 Å².